The van der Waals surface area contributed by atoms with Crippen LogP contribution in [0.4, 0.5) is 0 Å². The Hall–Kier alpha value is -1.88. The first-order valence-electron chi connectivity index (χ1n) is 6.03. The number of aromatic carboxylic acids is 1. The molecule has 1 saturated heterocycles. The summed E-state index contributed by atoms with van der Waals surface area (Å²) in [4.78, 5) is 14.8. The van der Waals surface area contributed by atoms with Crippen molar-refractivity contribution >= 4 is 11.5 Å². The van der Waals surface area contributed by atoms with Gasteiger partial charge in [-0.3, -0.25) is 0 Å². The first-order chi connectivity index (χ1) is 8.74. The number of aromatic nitrogens is 2. The van der Waals surface area contributed by atoms with E-state index in [0.717, 1.165) is 31.6 Å². The topological polar surface area (TPSA) is 63.8 Å². The Morgan fingerprint density at radius 2 is 2.17 bits per heavy atom. The summed E-state index contributed by atoms with van der Waals surface area (Å²) < 4.78 is 7.22. The first kappa shape index (κ1) is 11.2. The van der Waals surface area contributed by atoms with E-state index in [-0.39, 0.29) is 5.69 Å². The van der Waals surface area contributed by atoms with Crippen LogP contribution in [0.15, 0.2) is 24.7 Å². The van der Waals surface area contributed by atoms with Gasteiger partial charge in [-0.05, 0) is 36.5 Å². The molecule has 2 aromatic rings. The van der Waals surface area contributed by atoms with Crippen molar-refractivity contribution in [1.29, 1.82) is 0 Å². The van der Waals surface area contributed by atoms with Gasteiger partial charge in [0.2, 0.25) is 0 Å². The van der Waals surface area contributed by atoms with Crippen molar-refractivity contribution < 1.29 is 14.6 Å². The second-order valence-corrected chi connectivity index (χ2v) is 4.57. The molecule has 18 heavy (non-hydrogen) atoms. The van der Waals surface area contributed by atoms with Crippen molar-refractivity contribution in [3.63, 3.8) is 0 Å². The lowest BCUT2D eigenvalue weighted by Crippen LogP contribution is -2.13. The van der Waals surface area contributed by atoms with E-state index in [1.165, 1.54) is 5.56 Å². The van der Waals surface area contributed by atoms with Crippen molar-refractivity contribution in [2.75, 3.05) is 13.2 Å². The number of nitrogens with zero attached hydrogens (tertiary/aromatic N) is 2. The number of fused-ring (bicyclic) bond motifs is 1. The van der Waals surface area contributed by atoms with Gasteiger partial charge >= 0.3 is 5.97 Å². The SMILES string of the molecule is O=C(O)c1cc2cc(C3CCOCC3)cn2cn1. The highest BCUT2D eigenvalue weighted by atomic mass is 16.5. The molecule has 3 heterocycles. The van der Waals surface area contributed by atoms with Gasteiger partial charge in [0.15, 0.2) is 5.69 Å². The molecule has 0 radical (unpaired) electrons. The Bertz CT molecular complexity index is 585. The highest BCUT2D eigenvalue weighted by Crippen LogP contribution is 2.28. The summed E-state index contributed by atoms with van der Waals surface area (Å²) in [5.74, 6) is -0.488. The molecular formula is C13H14N2O3. The maximum absolute atomic E-state index is 10.9. The molecule has 3 rings (SSSR count). The maximum Gasteiger partial charge on any atom is 0.354 e. The zero-order valence-corrected chi connectivity index (χ0v) is 9.87. The molecular weight excluding hydrogens is 232 g/mol. The maximum atomic E-state index is 10.9. The largest absolute Gasteiger partial charge is 0.477 e. The fourth-order valence-electron chi connectivity index (χ4n) is 2.41. The van der Waals surface area contributed by atoms with Crippen LogP contribution in [0.5, 0.6) is 0 Å². The average molecular weight is 246 g/mol. The van der Waals surface area contributed by atoms with E-state index >= 15 is 0 Å². The smallest absolute Gasteiger partial charge is 0.354 e. The Kier molecular flexibility index (Phi) is 2.76. The third kappa shape index (κ3) is 1.97. The molecule has 0 spiro atoms. The molecule has 2 aromatic heterocycles. The summed E-state index contributed by atoms with van der Waals surface area (Å²) in [6, 6.07) is 3.65. The third-order valence-electron chi connectivity index (χ3n) is 3.42. The number of rotatable bonds is 2. The normalized spacial score (nSPS) is 17.1. The van der Waals surface area contributed by atoms with Gasteiger partial charge in [-0.2, -0.15) is 0 Å². The van der Waals surface area contributed by atoms with Gasteiger partial charge in [0.1, 0.15) is 6.33 Å². The molecule has 0 unspecified atom stereocenters. The molecule has 0 amide bonds. The first-order valence-corrected chi connectivity index (χ1v) is 6.03. The zero-order chi connectivity index (χ0) is 12.5. The number of ether oxygens (including phenoxy) is 1. The minimum Gasteiger partial charge on any atom is -0.477 e. The summed E-state index contributed by atoms with van der Waals surface area (Å²) in [6.45, 7) is 1.60. The molecule has 5 heteroatoms. The number of carbonyl (C=O) groups is 1. The van der Waals surface area contributed by atoms with Gasteiger partial charge in [0.05, 0.1) is 0 Å². The van der Waals surface area contributed by atoms with E-state index in [2.05, 4.69) is 4.98 Å². The highest BCUT2D eigenvalue weighted by Gasteiger charge is 2.17. The lowest BCUT2D eigenvalue weighted by Gasteiger charge is -2.20. The fourth-order valence-corrected chi connectivity index (χ4v) is 2.41. The molecule has 0 saturated carbocycles. The van der Waals surface area contributed by atoms with Crippen LogP contribution in [0, 0.1) is 0 Å². The average Bonchev–Trinajstić information content (AvgIpc) is 2.82. The minimum atomic E-state index is -0.994. The number of carboxylic acids is 1. The van der Waals surface area contributed by atoms with E-state index in [1.807, 2.05) is 16.7 Å². The van der Waals surface area contributed by atoms with Gasteiger partial charge in [-0.1, -0.05) is 0 Å². The lowest BCUT2D eigenvalue weighted by atomic mass is 9.94. The Morgan fingerprint density at radius 3 is 2.89 bits per heavy atom. The summed E-state index contributed by atoms with van der Waals surface area (Å²) in [5, 5.41) is 8.91. The van der Waals surface area contributed by atoms with E-state index in [4.69, 9.17) is 9.84 Å². The summed E-state index contributed by atoms with van der Waals surface area (Å²) in [6.07, 6.45) is 5.64. The summed E-state index contributed by atoms with van der Waals surface area (Å²) in [5.41, 5.74) is 2.20. The molecule has 94 valence electrons. The van der Waals surface area contributed by atoms with Crippen molar-refractivity contribution in [3.05, 3.63) is 35.9 Å². The van der Waals surface area contributed by atoms with Crippen molar-refractivity contribution in [3.8, 4) is 0 Å². The molecule has 0 bridgehead atoms. The summed E-state index contributed by atoms with van der Waals surface area (Å²) >= 11 is 0. The predicted molar refractivity (Wildman–Crippen MR) is 64.9 cm³/mol. The highest BCUT2D eigenvalue weighted by molar-refractivity contribution is 5.86. The van der Waals surface area contributed by atoms with E-state index in [1.54, 1.807) is 12.4 Å². The zero-order valence-electron chi connectivity index (χ0n) is 9.87. The van der Waals surface area contributed by atoms with Crippen molar-refractivity contribution in [2.45, 2.75) is 18.8 Å². The van der Waals surface area contributed by atoms with Gasteiger partial charge in [0.25, 0.3) is 0 Å². The van der Waals surface area contributed by atoms with Crippen LogP contribution in [0.2, 0.25) is 0 Å². The lowest BCUT2D eigenvalue weighted by molar-refractivity contribution is 0.0690. The number of hydrogen-bond donors (Lipinski definition) is 1. The molecule has 0 aliphatic carbocycles. The molecule has 0 aromatic carbocycles. The van der Waals surface area contributed by atoms with Crippen LogP contribution < -0.4 is 0 Å². The van der Waals surface area contributed by atoms with Crippen molar-refractivity contribution in [2.24, 2.45) is 0 Å². The Labute approximate surface area is 104 Å². The van der Waals surface area contributed by atoms with Gasteiger partial charge in [-0.25, -0.2) is 9.78 Å². The van der Waals surface area contributed by atoms with Gasteiger partial charge in [-0.15, -0.1) is 0 Å². The quantitative estimate of drug-likeness (QED) is 0.879. The van der Waals surface area contributed by atoms with Gasteiger partial charge in [0, 0.05) is 24.9 Å². The summed E-state index contributed by atoms with van der Waals surface area (Å²) in [7, 11) is 0. The van der Waals surface area contributed by atoms with Crippen LogP contribution >= 0.6 is 0 Å². The number of carboxylic acid groups (broad SMARTS) is 1. The second kappa shape index (κ2) is 4.42. The predicted octanol–water partition coefficient (Wildman–Crippen LogP) is 1.93. The minimum absolute atomic E-state index is 0.0825. The molecule has 1 aliphatic heterocycles. The second-order valence-electron chi connectivity index (χ2n) is 4.57. The molecule has 1 N–H and O–H groups in total. The molecule has 1 aliphatic rings. The third-order valence-corrected chi connectivity index (χ3v) is 3.42. The molecule has 5 nitrogen and oxygen atoms in total. The number of hydrogen-bond acceptors (Lipinski definition) is 3. The Morgan fingerprint density at radius 1 is 1.39 bits per heavy atom. The monoisotopic (exact) mass is 246 g/mol. The van der Waals surface area contributed by atoms with Crippen LogP contribution in [-0.2, 0) is 4.74 Å². The van der Waals surface area contributed by atoms with E-state index in [0.29, 0.717) is 5.92 Å². The van der Waals surface area contributed by atoms with Crippen LogP contribution in [0.25, 0.3) is 5.52 Å². The Balaban J connectivity index is 1.97. The molecule has 0 atom stereocenters. The standard InChI is InChI=1S/C13H14N2O3/c16-13(17)12-6-11-5-10(7-15(11)8-14-12)9-1-3-18-4-2-9/h5-9H,1-4H2,(H,16,17). The van der Waals surface area contributed by atoms with E-state index in [9.17, 15) is 4.79 Å². The van der Waals surface area contributed by atoms with Crippen LogP contribution in [-0.4, -0.2) is 33.7 Å². The fraction of sp³-hybridized carbons (Fsp3) is 0.385. The van der Waals surface area contributed by atoms with Gasteiger partial charge < -0.3 is 14.2 Å². The van der Waals surface area contributed by atoms with Crippen LogP contribution in [0.3, 0.4) is 0 Å². The van der Waals surface area contributed by atoms with Crippen molar-refractivity contribution in [1.82, 2.24) is 9.38 Å². The van der Waals surface area contributed by atoms with E-state index < -0.39 is 5.97 Å². The van der Waals surface area contributed by atoms with Crippen LogP contribution in [0.1, 0.15) is 34.8 Å². The molecule has 1 fully saturated rings.